The van der Waals surface area contributed by atoms with Crippen molar-refractivity contribution < 1.29 is 23.0 Å². The molecule has 7 heteroatoms. The van der Waals surface area contributed by atoms with Crippen molar-refractivity contribution in [2.45, 2.75) is 6.61 Å². The lowest BCUT2D eigenvalue weighted by Crippen LogP contribution is -2.22. The first-order valence-corrected chi connectivity index (χ1v) is 6.80. The van der Waals surface area contributed by atoms with E-state index in [0.29, 0.717) is 17.1 Å². The highest BCUT2D eigenvalue weighted by Crippen LogP contribution is 2.23. The quantitative estimate of drug-likeness (QED) is 0.821. The maximum atomic E-state index is 12.0. The van der Waals surface area contributed by atoms with Crippen LogP contribution in [0.4, 0.5) is 20.2 Å². The van der Waals surface area contributed by atoms with Crippen molar-refractivity contribution in [1.29, 1.82) is 0 Å². The first kappa shape index (κ1) is 16.5. The largest absolute Gasteiger partial charge is 0.495 e. The minimum Gasteiger partial charge on any atom is -0.495 e. The van der Waals surface area contributed by atoms with Crippen LogP contribution < -0.4 is 20.1 Å². The van der Waals surface area contributed by atoms with Crippen LogP contribution in [-0.2, 0) is 4.79 Å². The predicted octanol–water partition coefficient (Wildman–Crippen LogP) is 3.35. The highest BCUT2D eigenvalue weighted by molar-refractivity contribution is 5.95. The fourth-order valence-electron chi connectivity index (χ4n) is 1.88. The summed E-state index contributed by atoms with van der Waals surface area (Å²) in [4.78, 5) is 11.9. The third kappa shape index (κ3) is 5.14. The molecule has 0 aromatic heterocycles. The van der Waals surface area contributed by atoms with Gasteiger partial charge in [-0.2, -0.15) is 8.78 Å². The Morgan fingerprint density at radius 1 is 1.13 bits per heavy atom. The van der Waals surface area contributed by atoms with Gasteiger partial charge in [0.2, 0.25) is 5.91 Å². The Balaban J connectivity index is 1.86. The Bertz CT molecular complexity index is 648. The van der Waals surface area contributed by atoms with Gasteiger partial charge in [0.05, 0.1) is 19.3 Å². The standard InChI is InChI=1S/C16H16F2N2O3/c1-22-14-5-3-2-4-13(14)20-15(21)10-19-11-6-8-12(9-7-11)23-16(17)18/h2-9,16,19H,10H2,1H3,(H,20,21). The molecule has 0 atom stereocenters. The fourth-order valence-corrected chi connectivity index (χ4v) is 1.88. The van der Waals surface area contributed by atoms with Gasteiger partial charge in [0, 0.05) is 5.69 Å². The molecule has 0 aliphatic rings. The Hall–Kier alpha value is -2.83. The molecule has 0 heterocycles. The van der Waals surface area contributed by atoms with Gasteiger partial charge in [0.15, 0.2) is 0 Å². The van der Waals surface area contributed by atoms with E-state index in [1.54, 1.807) is 36.4 Å². The van der Waals surface area contributed by atoms with Crippen LogP contribution >= 0.6 is 0 Å². The summed E-state index contributed by atoms with van der Waals surface area (Å²) in [6, 6.07) is 12.9. The van der Waals surface area contributed by atoms with Gasteiger partial charge in [-0.05, 0) is 36.4 Å². The average Bonchev–Trinajstić information content (AvgIpc) is 2.54. The van der Waals surface area contributed by atoms with Gasteiger partial charge in [-0.3, -0.25) is 4.79 Å². The monoisotopic (exact) mass is 322 g/mol. The van der Waals surface area contributed by atoms with E-state index < -0.39 is 6.61 Å². The molecule has 2 aromatic carbocycles. The second-order valence-corrected chi connectivity index (χ2v) is 4.50. The lowest BCUT2D eigenvalue weighted by atomic mass is 10.3. The van der Waals surface area contributed by atoms with E-state index in [9.17, 15) is 13.6 Å². The van der Waals surface area contributed by atoms with Crippen molar-refractivity contribution in [3.05, 3.63) is 48.5 Å². The molecule has 122 valence electrons. The van der Waals surface area contributed by atoms with E-state index in [4.69, 9.17) is 4.74 Å². The number of alkyl halides is 2. The van der Waals surface area contributed by atoms with Crippen molar-refractivity contribution in [2.24, 2.45) is 0 Å². The second-order valence-electron chi connectivity index (χ2n) is 4.50. The third-order valence-corrected chi connectivity index (χ3v) is 2.91. The number of halogens is 2. The van der Waals surface area contributed by atoms with Gasteiger partial charge >= 0.3 is 6.61 Å². The molecule has 23 heavy (non-hydrogen) atoms. The Labute approximate surface area is 132 Å². The minimum absolute atomic E-state index is 0.0209. The Kier molecular flexibility index (Phi) is 5.74. The zero-order valence-electron chi connectivity index (χ0n) is 12.4. The van der Waals surface area contributed by atoms with Crippen LogP contribution in [0.5, 0.6) is 11.5 Å². The Morgan fingerprint density at radius 2 is 1.83 bits per heavy atom. The number of ether oxygens (including phenoxy) is 2. The fraction of sp³-hybridized carbons (Fsp3) is 0.188. The lowest BCUT2D eigenvalue weighted by molar-refractivity contribution is -0.114. The van der Waals surface area contributed by atoms with Gasteiger partial charge in [-0.15, -0.1) is 0 Å². The van der Waals surface area contributed by atoms with Gasteiger partial charge in [-0.25, -0.2) is 0 Å². The van der Waals surface area contributed by atoms with Crippen LogP contribution in [0.2, 0.25) is 0 Å². The highest BCUT2D eigenvalue weighted by atomic mass is 19.3. The predicted molar refractivity (Wildman–Crippen MR) is 83.2 cm³/mol. The molecule has 0 unspecified atom stereocenters. The topological polar surface area (TPSA) is 59.6 Å². The molecule has 0 fully saturated rings. The van der Waals surface area contributed by atoms with Crippen molar-refractivity contribution in [1.82, 2.24) is 0 Å². The van der Waals surface area contributed by atoms with Crippen LogP contribution in [0.15, 0.2) is 48.5 Å². The van der Waals surface area contributed by atoms with Crippen LogP contribution in [0.25, 0.3) is 0 Å². The maximum absolute atomic E-state index is 12.0. The molecule has 2 aromatic rings. The van der Waals surface area contributed by atoms with E-state index in [1.165, 1.54) is 19.2 Å². The maximum Gasteiger partial charge on any atom is 0.387 e. The van der Waals surface area contributed by atoms with E-state index in [-0.39, 0.29) is 18.2 Å². The molecule has 0 spiro atoms. The number of methoxy groups -OCH3 is 1. The highest BCUT2D eigenvalue weighted by Gasteiger charge is 2.07. The molecule has 2 N–H and O–H groups in total. The van der Waals surface area contributed by atoms with Crippen molar-refractivity contribution in [2.75, 3.05) is 24.3 Å². The summed E-state index contributed by atoms with van der Waals surface area (Å²) in [5, 5.41) is 5.61. The van der Waals surface area contributed by atoms with Crippen LogP contribution in [-0.4, -0.2) is 26.2 Å². The molecule has 2 rings (SSSR count). The molecule has 0 saturated heterocycles. The van der Waals surface area contributed by atoms with Crippen molar-refractivity contribution in [3.8, 4) is 11.5 Å². The molecule has 0 bridgehead atoms. The number of para-hydroxylation sites is 2. The minimum atomic E-state index is -2.86. The van der Waals surface area contributed by atoms with Crippen LogP contribution in [0, 0.1) is 0 Å². The zero-order chi connectivity index (χ0) is 16.7. The molecule has 5 nitrogen and oxygen atoms in total. The van der Waals surface area contributed by atoms with E-state index in [2.05, 4.69) is 15.4 Å². The zero-order valence-corrected chi connectivity index (χ0v) is 12.4. The second kappa shape index (κ2) is 7.98. The van der Waals surface area contributed by atoms with Gasteiger partial charge < -0.3 is 20.1 Å². The number of amides is 1. The summed E-state index contributed by atoms with van der Waals surface area (Å²) >= 11 is 0. The van der Waals surface area contributed by atoms with Gasteiger partial charge in [0.1, 0.15) is 11.5 Å². The SMILES string of the molecule is COc1ccccc1NC(=O)CNc1ccc(OC(F)F)cc1. The molecule has 0 saturated carbocycles. The molecular formula is C16H16F2N2O3. The first-order valence-electron chi connectivity index (χ1n) is 6.80. The Morgan fingerprint density at radius 3 is 2.48 bits per heavy atom. The number of hydrogen-bond donors (Lipinski definition) is 2. The van der Waals surface area contributed by atoms with E-state index >= 15 is 0 Å². The molecule has 0 aliphatic carbocycles. The summed E-state index contributed by atoms with van der Waals surface area (Å²) in [5.74, 6) is 0.362. The van der Waals surface area contributed by atoms with E-state index in [1.807, 2.05) is 0 Å². The summed E-state index contributed by atoms with van der Waals surface area (Å²) in [6.07, 6.45) is 0. The number of rotatable bonds is 7. The first-order chi connectivity index (χ1) is 11.1. The number of anilines is 2. The third-order valence-electron chi connectivity index (χ3n) is 2.91. The van der Waals surface area contributed by atoms with Crippen molar-refractivity contribution in [3.63, 3.8) is 0 Å². The lowest BCUT2D eigenvalue weighted by Gasteiger charge is -2.11. The van der Waals surface area contributed by atoms with Crippen LogP contribution in [0.3, 0.4) is 0 Å². The number of nitrogens with one attached hydrogen (secondary N) is 2. The number of hydrogen-bond acceptors (Lipinski definition) is 4. The number of carbonyl (C=O) groups excluding carboxylic acids is 1. The molecule has 1 amide bonds. The summed E-state index contributed by atoms with van der Waals surface area (Å²) in [5.41, 5.74) is 1.18. The summed E-state index contributed by atoms with van der Waals surface area (Å²) < 4.78 is 33.5. The summed E-state index contributed by atoms with van der Waals surface area (Å²) in [7, 11) is 1.52. The van der Waals surface area contributed by atoms with Crippen molar-refractivity contribution >= 4 is 17.3 Å². The molecule has 0 radical (unpaired) electrons. The van der Waals surface area contributed by atoms with E-state index in [0.717, 1.165) is 0 Å². The average molecular weight is 322 g/mol. The van der Waals surface area contributed by atoms with Gasteiger partial charge in [-0.1, -0.05) is 12.1 Å². The molecule has 0 aliphatic heterocycles. The number of carbonyl (C=O) groups is 1. The summed E-state index contributed by atoms with van der Waals surface area (Å²) in [6.45, 7) is -2.84. The normalized spacial score (nSPS) is 10.3. The molecular weight excluding hydrogens is 306 g/mol. The number of benzene rings is 2. The van der Waals surface area contributed by atoms with Gasteiger partial charge in [0.25, 0.3) is 0 Å². The smallest absolute Gasteiger partial charge is 0.387 e. The van der Waals surface area contributed by atoms with Crippen LogP contribution in [0.1, 0.15) is 0 Å².